The Labute approximate surface area is 130 Å². The summed E-state index contributed by atoms with van der Waals surface area (Å²) in [5.41, 5.74) is 5.74. The average molecular weight is 294 g/mol. The molecular formula is C19H22N2O. The number of piperidine rings is 3. The molecule has 3 fully saturated rings. The van der Waals surface area contributed by atoms with Crippen LogP contribution in [-0.4, -0.2) is 34.2 Å². The summed E-state index contributed by atoms with van der Waals surface area (Å²) in [4.78, 5) is 6.35. The Hall–Kier alpha value is -1.58. The molecule has 1 aromatic carbocycles. The summed E-state index contributed by atoms with van der Waals surface area (Å²) in [6, 6.07) is 9.68. The lowest BCUT2D eigenvalue weighted by atomic mass is 9.64. The fraction of sp³-hybridized carbons (Fsp3) is 0.474. The number of nitrogens with one attached hydrogen (secondary N) is 1. The zero-order valence-corrected chi connectivity index (χ0v) is 12.9. The molecule has 3 nitrogen and oxygen atoms in total. The summed E-state index contributed by atoms with van der Waals surface area (Å²) in [5, 5.41) is 11.4. The van der Waals surface area contributed by atoms with Gasteiger partial charge in [-0.2, -0.15) is 0 Å². The molecule has 0 spiro atoms. The van der Waals surface area contributed by atoms with Gasteiger partial charge in [-0.25, -0.2) is 0 Å². The highest BCUT2D eigenvalue weighted by molar-refractivity contribution is 5.85. The Balaban J connectivity index is 1.69. The number of aliphatic hydroxyl groups is 1. The zero-order chi connectivity index (χ0) is 14.8. The third-order valence-electron chi connectivity index (χ3n) is 6.33. The van der Waals surface area contributed by atoms with Crippen LogP contribution in [0.4, 0.5) is 0 Å². The molecule has 0 amide bonds. The number of fused-ring (bicyclic) bond motifs is 4. The predicted octanol–water partition coefficient (Wildman–Crippen LogP) is 3.02. The number of H-pyrrole nitrogens is 1. The zero-order valence-electron chi connectivity index (χ0n) is 12.9. The molecule has 22 heavy (non-hydrogen) atoms. The topological polar surface area (TPSA) is 39.3 Å². The second kappa shape index (κ2) is 4.46. The van der Waals surface area contributed by atoms with E-state index in [2.05, 4.69) is 47.1 Å². The van der Waals surface area contributed by atoms with E-state index in [9.17, 15) is 5.11 Å². The summed E-state index contributed by atoms with van der Waals surface area (Å²) in [6.07, 6.45) is 4.51. The van der Waals surface area contributed by atoms with Crippen LogP contribution in [0.3, 0.4) is 0 Å². The van der Waals surface area contributed by atoms with Crippen molar-refractivity contribution in [3.05, 3.63) is 47.2 Å². The van der Waals surface area contributed by atoms with Gasteiger partial charge in [0.25, 0.3) is 0 Å². The highest BCUT2D eigenvalue weighted by Crippen LogP contribution is 2.53. The third kappa shape index (κ3) is 1.48. The van der Waals surface area contributed by atoms with E-state index in [4.69, 9.17) is 0 Å². The standard InChI is InChI=1S/C19H22N2O/c1-2-11-9-21-17-8-14-12-5-3-4-6-16(12)20-19(14)18(21)7-13(11)15(17)10-22/h2-6,13,15,17-18,20,22H,7-10H2,1H3/b11-2+/t13-,15+,17?,18+/m1/s1. The second-order valence-electron chi connectivity index (χ2n) is 7.07. The van der Waals surface area contributed by atoms with Crippen LogP contribution in [0.1, 0.15) is 30.6 Å². The highest BCUT2D eigenvalue weighted by atomic mass is 16.3. The first-order chi connectivity index (χ1) is 10.8. The van der Waals surface area contributed by atoms with Crippen LogP contribution in [0.5, 0.6) is 0 Å². The van der Waals surface area contributed by atoms with Crippen LogP contribution in [0.2, 0.25) is 0 Å². The van der Waals surface area contributed by atoms with Crippen molar-refractivity contribution in [1.82, 2.24) is 9.88 Å². The summed E-state index contributed by atoms with van der Waals surface area (Å²) in [7, 11) is 0. The number of hydrogen-bond acceptors (Lipinski definition) is 2. The summed E-state index contributed by atoms with van der Waals surface area (Å²) < 4.78 is 0. The quantitative estimate of drug-likeness (QED) is 0.794. The normalized spacial score (nSPS) is 37.7. The molecule has 2 N–H and O–H groups in total. The number of aliphatic hydroxyl groups excluding tert-OH is 1. The van der Waals surface area contributed by atoms with Crippen molar-refractivity contribution in [3.8, 4) is 0 Å². The molecule has 2 aromatic rings. The lowest BCUT2D eigenvalue weighted by Crippen LogP contribution is -2.60. The van der Waals surface area contributed by atoms with Gasteiger partial charge in [-0.05, 0) is 37.3 Å². The van der Waals surface area contributed by atoms with E-state index < -0.39 is 0 Å². The van der Waals surface area contributed by atoms with Crippen LogP contribution in [0, 0.1) is 11.8 Å². The van der Waals surface area contributed by atoms with Crippen molar-refractivity contribution in [2.24, 2.45) is 11.8 Å². The molecule has 5 atom stereocenters. The van der Waals surface area contributed by atoms with Gasteiger partial charge >= 0.3 is 0 Å². The number of rotatable bonds is 1. The molecule has 6 rings (SSSR count). The van der Waals surface area contributed by atoms with Gasteiger partial charge in [0.05, 0.1) is 6.04 Å². The summed E-state index contributed by atoms with van der Waals surface area (Å²) in [5.74, 6) is 0.965. The van der Waals surface area contributed by atoms with E-state index in [-0.39, 0.29) is 0 Å². The van der Waals surface area contributed by atoms with Gasteiger partial charge in [-0.3, -0.25) is 4.90 Å². The number of nitrogens with zero attached hydrogens (tertiary/aromatic N) is 1. The summed E-state index contributed by atoms with van der Waals surface area (Å²) >= 11 is 0. The molecule has 4 aliphatic heterocycles. The van der Waals surface area contributed by atoms with Crippen molar-refractivity contribution in [3.63, 3.8) is 0 Å². The van der Waals surface area contributed by atoms with Crippen LogP contribution in [0.15, 0.2) is 35.9 Å². The fourth-order valence-corrected chi connectivity index (χ4v) is 5.32. The van der Waals surface area contributed by atoms with Crippen molar-refractivity contribution < 1.29 is 5.11 Å². The first kappa shape index (κ1) is 12.9. The van der Waals surface area contributed by atoms with E-state index in [0.29, 0.717) is 30.5 Å². The second-order valence-corrected chi connectivity index (χ2v) is 7.07. The summed E-state index contributed by atoms with van der Waals surface area (Å²) in [6.45, 7) is 3.55. The van der Waals surface area contributed by atoms with Crippen molar-refractivity contribution >= 4 is 10.9 Å². The maximum Gasteiger partial charge on any atom is 0.0514 e. The minimum absolute atomic E-state index is 0.313. The first-order valence-electron chi connectivity index (χ1n) is 8.43. The molecule has 114 valence electrons. The Morgan fingerprint density at radius 3 is 3.05 bits per heavy atom. The number of aromatic amines is 1. The Morgan fingerprint density at radius 2 is 2.23 bits per heavy atom. The maximum absolute atomic E-state index is 9.99. The van der Waals surface area contributed by atoms with Gasteiger partial charge < -0.3 is 10.1 Å². The Kier molecular flexibility index (Phi) is 2.62. The van der Waals surface area contributed by atoms with Crippen LogP contribution in [-0.2, 0) is 6.42 Å². The predicted molar refractivity (Wildman–Crippen MR) is 87.7 cm³/mol. The van der Waals surface area contributed by atoms with Crippen LogP contribution >= 0.6 is 0 Å². The van der Waals surface area contributed by atoms with Gasteiger partial charge in [-0.1, -0.05) is 29.8 Å². The molecule has 4 aliphatic rings. The molecular weight excluding hydrogens is 272 g/mol. The number of hydrogen-bond donors (Lipinski definition) is 2. The van der Waals surface area contributed by atoms with Crippen LogP contribution in [0.25, 0.3) is 10.9 Å². The number of aromatic nitrogens is 1. The molecule has 3 saturated heterocycles. The molecule has 0 saturated carbocycles. The molecule has 5 heterocycles. The molecule has 2 unspecified atom stereocenters. The van der Waals surface area contributed by atoms with Crippen molar-refractivity contribution in [2.75, 3.05) is 13.2 Å². The van der Waals surface area contributed by atoms with Crippen LogP contribution < -0.4 is 0 Å². The SMILES string of the molecule is C/C=C1\CN2C3Cc4c([nH]c5ccccc45)[C@@H]2C[C@H]1[C@@H]3CO. The molecule has 0 radical (unpaired) electrons. The number of benzene rings is 1. The van der Waals surface area contributed by atoms with Gasteiger partial charge in [0.1, 0.15) is 0 Å². The van der Waals surface area contributed by atoms with Crippen molar-refractivity contribution in [2.45, 2.75) is 31.8 Å². The molecule has 0 aliphatic carbocycles. The van der Waals surface area contributed by atoms with Gasteiger partial charge in [0.15, 0.2) is 0 Å². The number of allylic oxidation sites excluding steroid dienone is 1. The molecule has 4 bridgehead atoms. The van der Waals surface area contributed by atoms with E-state index in [0.717, 1.165) is 19.4 Å². The minimum atomic E-state index is 0.313. The van der Waals surface area contributed by atoms with Crippen molar-refractivity contribution in [1.29, 1.82) is 0 Å². The Bertz CT molecular complexity index is 775. The van der Waals surface area contributed by atoms with E-state index in [1.165, 1.54) is 27.7 Å². The van der Waals surface area contributed by atoms with E-state index in [1.54, 1.807) is 0 Å². The molecule has 3 heteroatoms. The average Bonchev–Trinajstić information content (AvgIpc) is 2.93. The Morgan fingerprint density at radius 1 is 1.36 bits per heavy atom. The van der Waals surface area contributed by atoms with E-state index >= 15 is 0 Å². The monoisotopic (exact) mass is 294 g/mol. The highest BCUT2D eigenvalue weighted by Gasteiger charge is 2.52. The maximum atomic E-state index is 9.99. The van der Waals surface area contributed by atoms with E-state index in [1.807, 2.05) is 0 Å². The third-order valence-corrected chi connectivity index (χ3v) is 6.33. The van der Waals surface area contributed by atoms with Gasteiger partial charge in [-0.15, -0.1) is 0 Å². The lowest BCUT2D eigenvalue weighted by Gasteiger charge is -2.58. The molecule has 1 aromatic heterocycles. The largest absolute Gasteiger partial charge is 0.396 e. The lowest BCUT2D eigenvalue weighted by molar-refractivity contribution is -0.0503. The fourth-order valence-electron chi connectivity index (χ4n) is 5.32. The van der Waals surface area contributed by atoms with Gasteiger partial charge in [0, 0.05) is 41.7 Å². The smallest absolute Gasteiger partial charge is 0.0514 e. The van der Waals surface area contributed by atoms with Gasteiger partial charge in [0.2, 0.25) is 0 Å². The first-order valence-corrected chi connectivity index (χ1v) is 8.43. The minimum Gasteiger partial charge on any atom is -0.396 e. The number of para-hydroxylation sites is 1.